The van der Waals surface area contributed by atoms with Crippen LogP contribution in [0.4, 0.5) is 0 Å². The van der Waals surface area contributed by atoms with Gasteiger partial charge in [0.2, 0.25) is 10.0 Å². The topological polar surface area (TPSA) is 46.2 Å². The Morgan fingerprint density at radius 2 is 1.94 bits per heavy atom. The van der Waals surface area contributed by atoms with E-state index >= 15 is 0 Å². The fourth-order valence-electron chi connectivity index (χ4n) is 1.96. The molecule has 1 aliphatic carbocycles. The van der Waals surface area contributed by atoms with Crippen LogP contribution in [0.5, 0.6) is 0 Å². The van der Waals surface area contributed by atoms with Gasteiger partial charge in [0.15, 0.2) is 0 Å². The average Bonchev–Trinajstić information content (AvgIpc) is 2.19. The Morgan fingerprint density at radius 1 is 1.29 bits per heavy atom. The van der Waals surface area contributed by atoms with E-state index in [9.17, 15) is 8.42 Å². The van der Waals surface area contributed by atoms with E-state index in [1.807, 2.05) is 0 Å². The van der Waals surface area contributed by atoms with E-state index in [0.717, 1.165) is 17.3 Å². The molecular formula is C11H13Br2NO2S. The minimum atomic E-state index is -3.42. The summed E-state index contributed by atoms with van der Waals surface area (Å²) >= 11 is 6.55. The van der Waals surface area contributed by atoms with Crippen LogP contribution in [0.1, 0.15) is 19.8 Å². The summed E-state index contributed by atoms with van der Waals surface area (Å²) in [6.07, 6.45) is 1.84. The maximum atomic E-state index is 12.2. The lowest BCUT2D eigenvalue weighted by atomic mass is 9.83. The fraction of sp³-hybridized carbons (Fsp3) is 0.455. The summed E-state index contributed by atoms with van der Waals surface area (Å²) in [6, 6.07) is 5.21. The molecule has 3 nitrogen and oxygen atoms in total. The summed E-state index contributed by atoms with van der Waals surface area (Å²) in [5, 5.41) is 0. The van der Waals surface area contributed by atoms with E-state index in [0.29, 0.717) is 10.4 Å². The van der Waals surface area contributed by atoms with Crippen LogP contribution in [-0.4, -0.2) is 14.5 Å². The molecule has 94 valence electrons. The van der Waals surface area contributed by atoms with Gasteiger partial charge in [-0.15, -0.1) is 0 Å². The van der Waals surface area contributed by atoms with Gasteiger partial charge in [0.25, 0.3) is 0 Å². The number of hydrogen-bond donors (Lipinski definition) is 1. The molecule has 0 atom stereocenters. The zero-order valence-corrected chi connectivity index (χ0v) is 13.3. The lowest BCUT2D eigenvalue weighted by molar-refractivity contribution is 0.270. The van der Waals surface area contributed by atoms with Gasteiger partial charge in [-0.1, -0.05) is 22.9 Å². The van der Waals surface area contributed by atoms with Crippen LogP contribution in [0.3, 0.4) is 0 Å². The number of sulfonamides is 1. The minimum absolute atomic E-state index is 0.0841. The van der Waals surface area contributed by atoms with E-state index < -0.39 is 10.0 Å². The molecule has 0 amide bonds. The SMILES string of the molecule is CC1CC(NS(=O)(=O)c2cc(Br)ccc2Br)C1. The first-order valence-electron chi connectivity index (χ1n) is 5.36. The van der Waals surface area contributed by atoms with Gasteiger partial charge in [-0.2, -0.15) is 0 Å². The molecule has 1 aromatic rings. The monoisotopic (exact) mass is 381 g/mol. The minimum Gasteiger partial charge on any atom is -0.208 e. The standard InChI is InChI=1S/C11H13Br2NO2S/c1-7-4-9(5-7)14-17(15,16)11-6-8(12)2-3-10(11)13/h2-3,6-7,9,14H,4-5H2,1H3. The van der Waals surface area contributed by atoms with E-state index in [1.165, 1.54) is 0 Å². The second kappa shape index (κ2) is 4.99. The second-order valence-corrected chi connectivity index (χ2v) is 7.92. The van der Waals surface area contributed by atoms with Crippen LogP contribution in [-0.2, 0) is 10.0 Å². The lowest BCUT2D eigenvalue weighted by Gasteiger charge is -2.33. The molecule has 6 heteroatoms. The molecule has 0 unspecified atom stereocenters. The van der Waals surface area contributed by atoms with Gasteiger partial charge in [-0.25, -0.2) is 13.1 Å². The van der Waals surface area contributed by atoms with Gasteiger partial charge in [-0.05, 0) is 52.9 Å². The van der Waals surface area contributed by atoms with Crippen LogP contribution < -0.4 is 4.72 Å². The number of hydrogen-bond acceptors (Lipinski definition) is 2. The van der Waals surface area contributed by atoms with E-state index in [-0.39, 0.29) is 10.9 Å². The van der Waals surface area contributed by atoms with Crippen molar-refractivity contribution in [1.29, 1.82) is 0 Å². The third-order valence-electron chi connectivity index (χ3n) is 2.88. The van der Waals surface area contributed by atoms with Crippen molar-refractivity contribution >= 4 is 41.9 Å². The van der Waals surface area contributed by atoms with Crippen LogP contribution in [0, 0.1) is 5.92 Å². The average molecular weight is 383 g/mol. The number of halogens is 2. The summed E-state index contributed by atoms with van der Waals surface area (Å²) in [6.45, 7) is 2.12. The molecule has 1 saturated carbocycles. The van der Waals surface area contributed by atoms with Crippen LogP contribution in [0.15, 0.2) is 32.0 Å². The van der Waals surface area contributed by atoms with Gasteiger partial charge in [0, 0.05) is 15.0 Å². The quantitative estimate of drug-likeness (QED) is 0.871. The molecule has 0 heterocycles. The highest BCUT2D eigenvalue weighted by Gasteiger charge is 2.30. The molecule has 2 rings (SSSR count). The largest absolute Gasteiger partial charge is 0.241 e. The Kier molecular flexibility index (Phi) is 3.97. The highest BCUT2D eigenvalue weighted by atomic mass is 79.9. The van der Waals surface area contributed by atoms with Gasteiger partial charge in [-0.3, -0.25) is 0 Å². The molecular weight excluding hydrogens is 370 g/mol. The Balaban J connectivity index is 2.22. The van der Waals surface area contributed by atoms with Crippen molar-refractivity contribution in [3.8, 4) is 0 Å². The summed E-state index contributed by atoms with van der Waals surface area (Å²) in [7, 11) is -3.42. The third kappa shape index (κ3) is 3.10. The fourth-order valence-corrected chi connectivity index (χ4v) is 4.73. The normalized spacial score (nSPS) is 24.4. The maximum Gasteiger partial charge on any atom is 0.241 e. The summed E-state index contributed by atoms with van der Waals surface area (Å²) < 4.78 is 28.4. The third-order valence-corrected chi connectivity index (χ3v) is 5.89. The Labute approximate surface area is 118 Å². The van der Waals surface area contributed by atoms with Crippen molar-refractivity contribution in [3.63, 3.8) is 0 Å². The molecule has 1 aromatic carbocycles. The lowest BCUT2D eigenvalue weighted by Crippen LogP contribution is -2.43. The van der Waals surface area contributed by atoms with Crippen molar-refractivity contribution in [2.45, 2.75) is 30.7 Å². The molecule has 0 saturated heterocycles. The predicted molar refractivity (Wildman–Crippen MR) is 74.3 cm³/mol. The highest BCUT2D eigenvalue weighted by molar-refractivity contribution is 9.11. The molecule has 1 N–H and O–H groups in total. The molecule has 0 radical (unpaired) electrons. The summed E-state index contributed by atoms with van der Waals surface area (Å²) in [4.78, 5) is 0.284. The molecule has 1 fully saturated rings. The molecule has 0 spiro atoms. The second-order valence-electron chi connectivity index (χ2n) is 4.47. The smallest absolute Gasteiger partial charge is 0.208 e. The van der Waals surface area contributed by atoms with Gasteiger partial charge in [0.05, 0.1) is 4.90 Å². The van der Waals surface area contributed by atoms with Crippen molar-refractivity contribution in [2.75, 3.05) is 0 Å². The molecule has 0 aromatic heterocycles. The zero-order valence-electron chi connectivity index (χ0n) is 9.28. The molecule has 1 aliphatic rings. The van der Waals surface area contributed by atoms with Gasteiger partial charge in [0.1, 0.15) is 0 Å². The Hall–Kier alpha value is 0.0900. The zero-order chi connectivity index (χ0) is 12.6. The first kappa shape index (κ1) is 13.5. The Bertz CT molecular complexity index is 524. The van der Waals surface area contributed by atoms with Crippen molar-refractivity contribution in [3.05, 3.63) is 27.1 Å². The van der Waals surface area contributed by atoms with E-state index in [1.54, 1.807) is 18.2 Å². The highest BCUT2D eigenvalue weighted by Crippen LogP contribution is 2.30. The van der Waals surface area contributed by atoms with Gasteiger partial charge < -0.3 is 0 Å². The van der Waals surface area contributed by atoms with Crippen LogP contribution in [0.2, 0.25) is 0 Å². The van der Waals surface area contributed by atoms with E-state index in [4.69, 9.17) is 0 Å². The maximum absolute atomic E-state index is 12.2. The van der Waals surface area contributed by atoms with Gasteiger partial charge >= 0.3 is 0 Å². The Morgan fingerprint density at radius 3 is 2.53 bits per heavy atom. The van der Waals surface area contributed by atoms with E-state index in [2.05, 4.69) is 43.5 Å². The molecule has 0 aliphatic heterocycles. The van der Waals surface area contributed by atoms with Crippen LogP contribution in [0.25, 0.3) is 0 Å². The first-order valence-corrected chi connectivity index (χ1v) is 8.43. The summed E-state index contributed by atoms with van der Waals surface area (Å²) in [5.74, 6) is 0.619. The van der Waals surface area contributed by atoms with Crippen molar-refractivity contribution in [1.82, 2.24) is 4.72 Å². The first-order chi connectivity index (χ1) is 7.88. The van der Waals surface area contributed by atoms with Crippen molar-refractivity contribution in [2.24, 2.45) is 5.92 Å². The molecule has 17 heavy (non-hydrogen) atoms. The predicted octanol–water partition coefficient (Wildman–Crippen LogP) is 3.29. The number of rotatable bonds is 3. The summed E-state index contributed by atoms with van der Waals surface area (Å²) in [5.41, 5.74) is 0. The van der Waals surface area contributed by atoms with Crippen LogP contribution >= 0.6 is 31.9 Å². The molecule has 0 bridgehead atoms. The van der Waals surface area contributed by atoms with Crippen molar-refractivity contribution < 1.29 is 8.42 Å². The number of nitrogens with one attached hydrogen (secondary N) is 1. The number of benzene rings is 1.